The van der Waals surface area contributed by atoms with Gasteiger partial charge in [-0.2, -0.15) is 8.78 Å². The number of ether oxygens (including phenoxy) is 1. The third kappa shape index (κ3) is 4.57. The van der Waals surface area contributed by atoms with E-state index in [4.69, 9.17) is 11.6 Å². The fourth-order valence-corrected chi connectivity index (χ4v) is 1.06. The zero-order chi connectivity index (χ0) is 11.5. The SMILES string of the molecule is O=C(OCC(F)(F)Br)c1ccc(Cl)cc1. The van der Waals surface area contributed by atoms with Gasteiger partial charge in [0.05, 0.1) is 5.56 Å². The molecule has 0 saturated carbocycles. The van der Waals surface area contributed by atoms with Crippen molar-refractivity contribution in [2.45, 2.75) is 4.83 Å². The Hall–Kier alpha value is -0.680. The zero-order valence-electron chi connectivity index (χ0n) is 7.34. The predicted octanol–water partition coefficient (Wildman–Crippen LogP) is 3.48. The second-order valence-corrected chi connectivity index (χ2v) is 4.29. The van der Waals surface area contributed by atoms with E-state index in [0.717, 1.165) is 0 Å². The molecule has 1 aromatic carbocycles. The lowest BCUT2D eigenvalue weighted by Crippen LogP contribution is -2.18. The number of benzene rings is 1. The molecule has 0 atom stereocenters. The van der Waals surface area contributed by atoms with Crippen LogP contribution < -0.4 is 0 Å². The van der Waals surface area contributed by atoms with Gasteiger partial charge in [0.25, 0.3) is 0 Å². The molecule has 1 rings (SSSR count). The van der Waals surface area contributed by atoms with Crippen LogP contribution in [-0.2, 0) is 4.74 Å². The lowest BCUT2D eigenvalue weighted by atomic mass is 10.2. The molecular weight excluding hydrogens is 293 g/mol. The van der Waals surface area contributed by atoms with Gasteiger partial charge in [0.1, 0.15) is 0 Å². The van der Waals surface area contributed by atoms with Gasteiger partial charge < -0.3 is 4.74 Å². The minimum absolute atomic E-state index is 0.177. The van der Waals surface area contributed by atoms with Crippen molar-refractivity contribution < 1.29 is 18.3 Å². The third-order valence-corrected chi connectivity index (χ3v) is 1.93. The van der Waals surface area contributed by atoms with Gasteiger partial charge in [-0.25, -0.2) is 4.79 Å². The summed E-state index contributed by atoms with van der Waals surface area (Å²) in [6, 6.07) is 5.75. The van der Waals surface area contributed by atoms with Crippen LogP contribution in [0.4, 0.5) is 8.78 Å². The number of hydrogen-bond acceptors (Lipinski definition) is 2. The van der Waals surface area contributed by atoms with Gasteiger partial charge in [0.15, 0.2) is 6.61 Å². The Kier molecular flexibility index (Phi) is 4.04. The van der Waals surface area contributed by atoms with Crippen molar-refractivity contribution in [1.29, 1.82) is 0 Å². The normalized spacial score (nSPS) is 11.2. The monoisotopic (exact) mass is 298 g/mol. The molecular formula is C9H6BrClF2O2. The Balaban J connectivity index is 2.58. The summed E-state index contributed by atoms with van der Waals surface area (Å²) in [5, 5.41) is 0.456. The standard InChI is InChI=1S/C9H6BrClF2O2/c10-9(12,13)5-15-8(14)6-1-3-7(11)4-2-6/h1-4H,5H2. The van der Waals surface area contributed by atoms with Gasteiger partial charge in [0.2, 0.25) is 0 Å². The van der Waals surface area contributed by atoms with E-state index >= 15 is 0 Å². The molecule has 0 unspecified atom stereocenters. The molecule has 0 bridgehead atoms. The highest BCUT2D eigenvalue weighted by Gasteiger charge is 2.26. The second kappa shape index (κ2) is 4.90. The molecule has 82 valence electrons. The summed E-state index contributed by atoms with van der Waals surface area (Å²) in [5.41, 5.74) is 0.177. The van der Waals surface area contributed by atoms with Crippen LogP contribution in [0, 0.1) is 0 Å². The van der Waals surface area contributed by atoms with Gasteiger partial charge in [-0.15, -0.1) is 0 Å². The Morgan fingerprint density at radius 2 is 1.93 bits per heavy atom. The molecule has 15 heavy (non-hydrogen) atoms. The maximum Gasteiger partial charge on any atom is 0.338 e. The minimum atomic E-state index is -3.20. The fraction of sp³-hybridized carbons (Fsp3) is 0.222. The zero-order valence-corrected chi connectivity index (χ0v) is 9.69. The predicted molar refractivity (Wildman–Crippen MR) is 55.6 cm³/mol. The van der Waals surface area contributed by atoms with Gasteiger partial charge in [-0.1, -0.05) is 11.6 Å². The number of hydrogen-bond donors (Lipinski definition) is 0. The summed E-state index contributed by atoms with van der Waals surface area (Å²) < 4.78 is 28.9. The molecule has 2 nitrogen and oxygen atoms in total. The average molecular weight is 299 g/mol. The molecule has 0 amide bonds. The van der Waals surface area contributed by atoms with Crippen LogP contribution in [0.5, 0.6) is 0 Å². The van der Waals surface area contributed by atoms with Crippen LogP contribution in [0.25, 0.3) is 0 Å². The van der Waals surface area contributed by atoms with Gasteiger partial charge in [0, 0.05) is 5.02 Å². The van der Waals surface area contributed by atoms with Crippen LogP contribution in [0.3, 0.4) is 0 Å². The maximum absolute atomic E-state index is 12.3. The van der Waals surface area contributed by atoms with Crippen LogP contribution >= 0.6 is 27.5 Å². The smallest absolute Gasteiger partial charge is 0.338 e. The number of alkyl halides is 3. The maximum atomic E-state index is 12.3. The van der Waals surface area contributed by atoms with Crippen LogP contribution in [0.1, 0.15) is 10.4 Å². The number of carbonyl (C=O) groups is 1. The van der Waals surface area contributed by atoms with E-state index in [-0.39, 0.29) is 5.56 Å². The van der Waals surface area contributed by atoms with Crippen molar-refractivity contribution in [1.82, 2.24) is 0 Å². The lowest BCUT2D eigenvalue weighted by Gasteiger charge is -2.08. The van der Waals surface area contributed by atoms with E-state index in [1.54, 1.807) is 0 Å². The highest BCUT2D eigenvalue weighted by Crippen LogP contribution is 2.22. The summed E-state index contributed by atoms with van der Waals surface area (Å²) in [5.74, 6) is -0.814. The molecule has 0 aliphatic rings. The molecule has 1 aromatic rings. The Morgan fingerprint density at radius 3 is 2.40 bits per heavy atom. The minimum Gasteiger partial charge on any atom is -0.455 e. The van der Waals surface area contributed by atoms with Crippen molar-refractivity contribution in [2.24, 2.45) is 0 Å². The van der Waals surface area contributed by atoms with E-state index < -0.39 is 17.4 Å². The summed E-state index contributed by atoms with van der Waals surface area (Å²) >= 11 is 7.65. The first-order valence-corrected chi connectivity index (χ1v) is 5.05. The number of rotatable bonds is 3. The molecule has 0 radical (unpaired) electrons. The second-order valence-electron chi connectivity index (χ2n) is 2.70. The lowest BCUT2D eigenvalue weighted by molar-refractivity contribution is 0.00364. The summed E-state index contributed by atoms with van der Waals surface area (Å²) in [7, 11) is 0. The molecule has 0 aliphatic carbocycles. The van der Waals surface area contributed by atoms with Crippen molar-refractivity contribution in [3.05, 3.63) is 34.9 Å². The van der Waals surface area contributed by atoms with Gasteiger partial charge >= 0.3 is 10.8 Å². The highest BCUT2D eigenvalue weighted by molar-refractivity contribution is 9.10. The molecule has 0 saturated heterocycles. The average Bonchev–Trinajstić information content (AvgIpc) is 2.14. The van der Waals surface area contributed by atoms with E-state index in [1.807, 2.05) is 0 Å². The molecule has 0 aliphatic heterocycles. The molecule has 0 fully saturated rings. The molecule has 0 spiro atoms. The van der Waals surface area contributed by atoms with Crippen molar-refractivity contribution in [2.75, 3.05) is 6.61 Å². The molecule has 0 N–H and O–H groups in total. The molecule has 0 heterocycles. The topological polar surface area (TPSA) is 26.3 Å². The van der Waals surface area contributed by atoms with Gasteiger partial charge in [-0.3, -0.25) is 0 Å². The first-order valence-electron chi connectivity index (χ1n) is 3.88. The Bertz CT molecular complexity index is 348. The molecule has 0 aromatic heterocycles. The fourth-order valence-electron chi connectivity index (χ4n) is 0.817. The van der Waals surface area contributed by atoms with Crippen molar-refractivity contribution in [3.63, 3.8) is 0 Å². The first-order chi connectivity index (χ1) is 6.88. The number of carbonyl (C=O) groups excluding carboxylic acids is 1. The molecule has 6 heteroatoms. The third-order valence-electron chi connectivity index (χ3n) is 1.45. The summed E-state index contributed by atoms with van der Waals surface area (Å²) in [6.07, 6.45) is 0. The number of esters is 1. The quantitative estimate of drug-likeness (QED) is 0.631. The number of halogens is 4. The van der Waals surface area contributed by atoms with E-state index in [1.165, 1.54) is 24.3 Å². The summed E-state index contributed by atoms with van der Waals surface area (Å²) in [4.78, 5) is 7.98. The van der Waals surface area contributed by atoms with Gasteiger partial charge in [-0.05, 0) is 40.2 Å². The first kappa shape index (κ1) is 12.4. The van der Waals surface area contributed by atoms with E-state index in [2.05, 4.69) is 20.7 Å². The van der Waals surface area contributed by atoms with E-state index in [9.17, 15) is 13.6 Å². The van der Waals surface area contributed by atoms with Crippen LogP contribution in [-0.4, -0.2) is 17.4 Å². The van der Waals surface area contributed by atoms with Crippen LogP contribution in [0.2, 0.25) is 5.02 Å². The van der Waals surface area contributed by atoms with Crippen molar-refractivity contribution >= 4 is 33.5 Å². The Labute approximate surface area is 98.3 Å². The highest BCUT2D eigenvalue weighted by atomic mass is 79.9. The van der Waals surface area contributed by atoms with E-state index in [0.29, 0.717) is 5.02 Å². The summed E-state index contributed by atoms with van der Waals surface area (Å²) in [6.45, 7) is -1.01. The Morgan fingerprint density at radius 1 is 1.40 bits per heavy atom. The van der Waals surface area contributed by atoms with Crippen molar-refractivity contribution in [3.8, 4) is 0 Å². The largest absolute Gasteiger partial charge is 0.455 e. The van der Waals surface area contributed by atoms with Crippen LogP contribution in [0.15, 0.2) is 24.3 Å².